The van der Waals surface area contributed by atoms with E-state index in [2.05, 4.69) is 5.32 Å². The Labute approximate surface area is 174 Å². The summed E-state index contributed by atoms with van der Waals surface area (Å²) in [5.74, 6) is -0.0663. The van der Waals surface area contributed by atoms with Crippen molar-refractivity contribution < 1.29 is 32.2 Å². The number of rotatable bonds is 7. The van der Waals surface area contributed by atoms with Gasteiger partial charge < -0.3 is 19.5 Å². The lowest BCUT2D eigenvalue weighted by Crippen LogP contribution is -2.37. The monoisotopic (exact) mass is 434 g/mol. The molecule has 160 valence electrons. The summed E-state index contributed by atoms with van der Waals surface area (Å²) in [6, 6.07) is 10.8. The lowest BCUT2D eigenvalue weighted by atomic mass is 10.2. The second kappa shape index (κ2) is 9.04. The molecule has 1 amide bonds. The molecule has 0 aliphatic carbocycles. The number of ether oxygens (including phenoxy) is 3. The summed E-state index contributed by atoms with van der Waals surface area (Å²) in [4.78, 5) is 24.2. The van der Waals surface area contributed by atoms with E-state index in [1.807, 2.05) is 0 Å². The Morgan fingerprint density at radius 3 is 2.37 bits per heavy atom. The molecule has 0 unspecified atom stereocenters. The topological polar surface area (TPSA) is 111 Å². The molecule has 0 spiro atoms. The first-order valence-electron chi connectivity index (χ1n) is 9.22. The van der Waals surface area contributed by atoms with Gasteiger partial charge in [0.15, 0.2) is 11.5 Å². The highest BCUT2D eigenvalue weighted by molar-refractivity contribution is 7.92. The zero-order valence-electron chi connectivity index (χ0n) is 16.6. The first-order chi connectivity index (χ1) is 14.3. The van der Waals surface area contributed by atoms with Crippen LogP contribution in [-0.4, -0.2) is 52.9 Å². The van der Waals surface area contributed by atoms with Crippen LogP contribution in [0.3, 0.4) is 0 Å². The third-order valence-corrected chi connectivity index (χ3v) is 5.32. The molecule has 0 aromatic heterocycles. The Hall–Kier alpha value is -3.27. The highest BCUT2D eigenvalue weighted by Gasteiger charge is 2.23. The molecule has 0 bridgehead atoms. The molecule has 0 saturated carbocycles. The molecule has 0 saturated heterocycles. The number of carbonyl (C=O) groups excluding carboxylic acids is 2. The standard InChI is InChI=1S/C20H22N2O7S/c1-3-27-20(24)14-4-6-15(7-5-14)21-19(23)13-22(30(2,25)26)16-8-9-17-18(12-16)29-11-10-28-17/h4-9,12H,3,10-11,13H2,1-2H3,(H,21,23). The molecule has 2 aromatic rings. The second-order valence-corrected chi connectivity index (χ2v) is 8.35. The van der Waals surface area contributed by atoms with Gasteiger partial charge in [-0.25, -0.2) is 13.2 Å². The van der Waals surface area contributed by atoms with Gasteiger partial charge in [0.1, 0.15) is 19.8 Å². The minimum absolute atomic E-state index is 0.262. The van der Waals surface area contributed by atoms with E-state index in [-0.39, 0.29) is 12.3 Å². The fraction of sp³-hybridized carbons (Fsp3) is 0.300. The third-order valence-electron chi connectivity index (χ3n) is 4.18. The van der Waals surface area contributed by atoms with Gasteiger partial charge in [0, 0.05) is 11.8 Å². The molecule has 9 nitrogen and oxygen atoms in total. The van der Waals surface area contributed by atoms with Gasteiger partial charge in [0.25, 0.3) is 0 Å². The maximum absolute atomic E-state index is 12.5. The number of anilines is 2. The van der Waals surface area contributed by atoms with Crippen LogP contribution in [0.1, 0.15) is 17.3 Å². The SMILES string of the molecule is CCOC(=O)c1ccc(NC(=O)CN(c2ccc3c(c2)OCCO3)S(C)(=O)=O)cc1. The Morgan fingerprint density at radius 1 is 1.07 bits per heavy atom. The Kier molecular flexibility index (Phi) is 6.46. The quantitative estimate of drug-likeness (QED) is 0.664. The van der Waals surface area contributed by atoms with Gasteiger partial charge in [-0.15, -0.1) is 0 Å². The molecular weight excluding hydrogens is 412 g/mol. The van der Waals surface area contributed by atoms with Gasteiger partial charge in [0.2, 0.25) is 15.9 Å². The van der Waals surface area contributed by atoms with Crippen molar-refractivity contribution in [1.82, 2.24) is 0 Å². The summed E-state index contributed by atoms with van der Waals surface area (Å²) < 4.78 is 41.4. The van der Waals surface area contributed by atoms with Gasteiger partial charge in [-0.1, -0.05) is 0 Å². The maximum atomic E-state index is 12.5. The summed E-state index contributed by atoms with van der Waals surface area (Å²) in [6.45, 7) is 2.31. The van der Waals surface area contributed by atoms with E-state index >= 15 is 0 Å². The second-order valence-electron chi connectivity index (χ2n) is 6.44. The van der Waals surface area contributed by atoms with E-state index in [1.54, 1.807) is 31.2 Å². The summed E-state index contributed by atoms with van der Waals surface area (Å²) in [5, 5.41) is 2.62. The van der Waals surface area contributed by atoms with Crippen molar-refractivity contribution in [1.29, 1.82) is 0 Å². The average molecular weight is 434 g/mol. The predicted molar refractivity (Wildman–Crippen MR) is 111 cm³/mol. The number of nitrogens with zero attached hydrogens (tertiary/aromatic N) is 1. The molecule has 0 fully saturated rings. The number of benzene rings is 2. The number of sulfonamides is 1. The molecule has 1 aliphatic heterocycles. The van der Waals surface area contributed by atoms with Crippen LogP contribution in [0.4, 0.5) is 11.4 Å². The van der Waals surface area contributed by atoms with Crippen molar-refractivity contribution >= 4 is 33.3 Å². The van der Waals surface area contributed by atoms with Gasteiger partial charge in [-0.3, -0.25) is 9.10 Å². The van der Waals surface area contributed by atoms with E-state index in [4.69, 9.17) is 14.2 Å². The van der Waals surface area contributed by atoms with Crippen molar-refractivity contribution in [2.75, 3.05) is 42.2 Å². The van der Waals surface area contributed by atoms with Gasteiger partial charge in [0.05, 0.1) is 24.1 Å². The van der Waals surface area contributed by atoms with Crippen molar-refractivity contribution in [3.05, 3.63) is 48.0 Å². The molecule has 2 aromatic carbocycles. The Balaban J connectivity index is 1.73. The summed E-state index contributed by atoms with van der Waals surface area (Å²) in [6.07, 6.45) is 1.02. The number of fused-ring (bicyclic) bond motifs is 1. The van der Waals surface area contributed by atoms with E-state index in [0.29, 0.717) is 36.0 Å². The smallest absolute Gasteiger partial charge is 0.338 e. The fourth-order valence-corrected chi connectivity index (χ4v) is 3.67. The summed E-state index contributed by atoms with van der Waals surface area (Å²) in [7, 11) is -3.74. The Morgan fingerprint density at radius 2 is 1.73 bits per heavy atom. The minimum Gasteiger partial charge on any atom is -0.486 e. The van der Waals surface area contributed by atoms with Crippen molar-refractivity contribution in [3.63, 3.8) is 0 Å². The van der Waals surface area contributed by atoms with Crippen LogP contribution in [0, 0.1) is 0 Å². The van der Waals surface area contributed by atoms with E-state index in [1.165, 1.54) is 18.2 Å². The summed E-state index contributed by atoms with van der Waals surface area (Å²) >= 11 is 0. The Bertz CT molecular complexity index is 1040. The molecule has 30 heavy (non-hydrogen) atoms. The van der Waals surface area contributed by atoms with E-state index in [9.17, 15) is 18.0 Å². The number of carbonyl (C=O) groups is 2. The highest BCUT2D eigenvalue weighted by Crippen LogP contribution is 2.34. The molecule has 0 atom stereocenters. The van der Waals surface area contributed by atoms with E-state index < -0.39 is 28.4 Å². The lowest BCUT2D eigenvalue weighted by molar-refractivity contribution is -0.114. The van der Waals surface area contributed by atoms with Crippen LogP contribution in [0.15, 0.2) is 42.5 Å². The van der Waals surface area contributed by atoms with Crippen LogP contribution in [0.25, 0.3) is 0 Å². The average Bonchev–Trinajstić information content (AvgIpc) is 2.71. The predicted octanol–water partition coefficient (Wildman–Crippen LogP) is 2.04. The van der Waals surface area contributed by atoms with Gasteiger partial charge in [-0.05, 0) is 43.3 Å². The molecule has 0 radical (unpaired) electrons. The number of hydrogen-bond acceptors (Lipinski definition) is 7. The highest BCUT2D eigenvalue weighted by atomic mass is 32.2. The zero-order valence-corrected chi connectivity index (χ0v) is 17.4. The minimum atomic E-state index is -3.74. The largest absolute Gasteiger partial charge is 0.486 e. The molecule has 1 aliphatic rings. The number of nitrogens with one attached hydrogen (secondary N) is 1. The number of amides is 1. The molecule has 10 heteroatoms. The van der Waals surface area contributed by atoms with Crippen molar-refractivity contribution in [2.24, 2.45) is 0 Å². The summed E-state index contributed by atoms with van der Waals surface area (Å²) in [5.41, 5.74) is 1.06. The van der Waals surface area contributed by atoms with Crippen LogP contribution in [-0.2, 0) is 19.6 Å². The molecule has 3 rings (SSSR count). The zero-order chi connectivity index (χ0) is 21.7. The van der Waals surface area contributed by atoms with Crippen molar-refractivity contribution in [2.45, 2.75) is 6.92 Å². The van der Waals surface area contributed by atoms with Crippen molar-refractivity contribution in [3.8, 4) is 11.5 Å². The number of esters is 1. The molecule has 1 heterocycles. The van der Waals surface area contributed by atoms with Crippen LogP contribution < -0.4 is 19.1 Å². The van der Waals surface area contributed by atoms with E-state index in [0.717, 1.165) is 10.6 Å². The maximum Gasteiger partial charge on any atom is 0.338 e. The first kappa shape index (κ1) is 21.4. The van der Waals surface area contributed by atoms with Crippen LogP contribution in [0.5, 0.6) is 11.5 Å². The van der Waals surface area contributed by atoms with Gasteiger partial charge >= 0.3 is 5.97 Å². The number of hydrogen-bond donors (Lipinski definition) is 1. The normalized spacial score (nSPS) is 12.7. The molecular formula is C20H22N2O7S. The van der Waals surface area contributed by atoms with Gasteiger partial charge in [-0.2, -0.15) is 0 Å². The van der Waals surface area contributed by atoms with Crippen LogP contribution in [0.2, 0.25) is 0 Å². The fourth-order valence-electron chi connectivity index (χ4n) is 2.82. The lowest BCUT2D eigenvalue weighted by Gasteiger charge is -2.24. The molecule has 1 N–H and O–H groups in total. The van der Waals surface area contributed by atoms with Crippen LogP contribution >= 0.6 is 0 Å². The first-order valence-corrected chi connectivity index (χ1v) is 11.1. The third kappa shape index (κ3) is 5.20.